The fourth-order valence-corrected chi connectivity index (χ4v) is 3.18. The second-order valence-corrected chi connectivity index (χ2v) is 6.35. The van der Waals surface area contributed by atoms with Gasteiger partial charge in [-0.3, -0.25) is 10.1 Å². The molecule has 1 atom stereocenters. The van der Waals surface area contributed by atoms with Crippen LogP contribution in [0.4, 0.5) is 5.69 Å². The number of likely N-dealkylation sites (tertiary alicyclic amines) is 1. The fraction of sp³-hybridized carbons (Fsp3) is 0.647. The minimum atomic E-state index is -0.323. The number of aliphatic hydroxyl groups is 1. The summed E-state index contributed by atoms with van der Waals surface area (Å²) in [7, 11) is 0. The molecule has 0 aliphatic carbocycles. The molecule has 0 saturated carbocycles. The number of aliphatic hydroxyl groups excluding tert-OH is 1. The topological polar surface area (TPSA) is 78.6 Å². The molecule has 1 heterocycles. The van der Waals surface area contributed by atoms with E-state index in [1.54, 1.807) is 12.1 Å². The summed E-state index contributed by atoms with van der Waals surface area (Å²) in [6.07, 6.45) is 2.66. The maximum Gasteiger partial charge on any atom is 0.272 e. The summed E-state index contributed by atoms with van der Waals surface area (Å²) in [5.74, 6) is 0. The van der Waals surface area contributed by atoms with Gasteiger partial charge in [-0.25, -0.2) is 0 Å². The summed E-state index contributed by atoms with van der Waals surface area (Å²) in [5.41, 5.74) is 1.91. The molecule has 0 spiro atoms. The Bertz CT molecular complexity index is 528. The smallest absolute Gasteiger partial charge is 0.272 e. The standard InChI is InChI=1S/C17H27N3O3/c1-13-16(5-3-6-17(13)20(22)23)14(2)18-9-4-10-19-11-7-15(21)8-12-19/h3,5-6,14-15,18,21H,4,7-12H2,1-2H3. The van der Waals surface area contributed by atoms with E-state index >= 15 is 0 Å². The van der Waals surface area contributed by atoms with Crippen molar-refractivity contribution in [3.63, 3.8) is 0 Å². The molecule has 6 nitrogen and oxygen atoms in total. The lowest BCUT2D eigenvalue weighted by Gasteiger charge is -2.29. The SMILES string of the molecule is Cc1c(C(C)NCCCN2CCC(O)CC2)cccc1[N+](=O)[O-]. The van der Waals surface area contributed by atoms with E-state index in [4.69, 9.17) is 0 Å². The molecule has 1 unspecified atom stereocenters. The molecule has 23 heavy (non-hydrogen) atoms. The maximum atomic E-state index is 11.0. The Labute approximate surface area is 137 Å². The largest absolute Gasteiger partial charge is 0.393 e. The zero-order valence-corrected chi connectivity index (χ0v) is 14.0. The number of hydrogen-bond acceptors (Lipinski definition) is 5. The van der Waals surface area contributed by atoms with Crippen molar-refractivity contribution in [1.29, 1.82) is 0 Å². The molecular formula is C17H27N3O3. The lowest BCUT2D eigenvalue weighted by atomic mass is 10.0. The third-order valence-electron chi connectivity index (χ3n) is 4.67. The van der Waals surface area contributed by atoms with E-state index in [2.05, 4.69) is 10.2 Å². The highest BCUT2D eigenvalue weighted by atomic mass is 16.6. The highest BCUT2D eigenvalue weighted by Crippen LogP contribution is 2.25. The molecule has 0 aromatic heterocycles. The molecule has 2 N–H and O–H groups in total. The minimum Gasteiger partial charge on any atom is -0.393 e. The summed E-state index contributed by atoms with van der Waals surface area (Å²) < 4.78 is 0. The van der Waals surface area contributed by atoms with Gasteiger partial charge in [0.2, 0.25) is 0 Å². The molecule has 0 radical (unpaired) electrons. The van der Waals surface area contributed by atoms with E-state index in [1.165, 1.54) is 0 Å². The molecule has 1 aliphatic heterocycles. The van der Waals surface area contributed by atoms with Crippen LogP contribution in [0.2, 0.25) is 0 Å². The van der Waals surface area contributed by atoms with Crippen molar-refractivity contribution in [2.45, 2.75) is 45.3 Å². The highest BCUT2D eigenvalue weighted by Gasteiger charge is 2.18. The number of benzene rings is 1. The first-order valence-corrected chi connectivity index (χ1v) is 8.36. The van der Waals surface area contributed by atoms with Crippen molar-refractivity contribution in [2.75, 3.05) is 26.2 Å². The van der Waals surface area contributed by atoms with Gasteiger partial charge >= 0.3 is 0 Å². The Morgan fingerprint density at radius 1 is 1.43 bits per heavy atom. The second-order valence-electron chi connectivity index (χ2n) is 6.35. The van der Waals surface area contributed by atoms with Gasteiger partial charge in [0, 0.05) is 30.8 Å². The Kier molecular flexibility index (Phi) is 6.50. The molecule has 1 fully saturated rings. The molecule has 6 heteroatoms. The van der Waals surface area contributed by atoms with Gasteiger partial charge in [0.05, 0.1) is 11.0 Å². The van der Waals surface area contributed by atoms with Gasteiger partial charge in [-0.1, -0.05) is 12.1 Å². The highest BCUT2D eigenvalue weighted by molar-refractivity contribution is 5.45. The monoisotopic (exact) mass is 321 g/mol. The van der Waals surface area contributed by atoms with Crippen molar-refractivity contribution in [2.24, 2.45) is 0 Å². The van der Waals surface area contributed by atoms with E-state index in [9.17, 15) is 15.2 Å². The lowest BCUT2D eigenvalue weighted by molar-refractivity contribution is -0.385. The van der Waals surface area contributed by atoms with Crippen molar-refractivity contribution in [3.8, 4) is 0 Å². The van der Waals surface area contributed by atoms with E-state index in [-0.39, 0.29) is 22.8 Å². The zero-order chi connectivity index (χ0) is 16.8. The van der Waals surface area contributed by atoms with Crippen LogP contribution in [-0.4, -0.2) is 47.2 Å². The predicted molar refractivity (Wildman–Crippen MR) is 90.5 cm³/mol. The van der Waals surface area contributed by atoms with Crippen molar-refractivity contribution >= 4 is 5.69 Å². The van der Waals surface area contributed by atoms with Gasteiger partial charge in [-0.05, 0) is 51.8 Å². The summed E-state index contributed by atoms with van der Waals surface area (Å²) in [6, 6.07) is 5.35. The Hall–Kier alpha value is -1.50. The summed E-state index contributed by atoms with van der Waals surface area (Å²) in [4.78, 5) is 13.1. The molecule has 0 amide bonds. The molecule has 1 aliphatic rings. The number of nitro benzene ring substituents is 1. The Morgan fingerprint density at radius 3 is 2.78 bits per heavy atom. The van der Waals surface area contributed by atoms with Crippen LogP contribution in [0.1, 0.15) is 43.4 Å². The number of nitro groups is 1. The zero-order valence-electron chi connectivity index (χ0n) is 14.0. The Morgan fingerprint density at radius 2 is 2.13 bits per heavy atom. The average molecular weight is 321 g/mol. The van der Waals surface area contributed by atoms with Crippen LogP contribution in [0.5, 0.6) is 0 Å². The van der Waals surface area contributed by atoms with Crippen LogP contribution in [0, 0.1) is 17.0 Å². The van der Waals surface area contributed by atoms with Crippen LogP contribution in [0.25, 0.3) is 0 Å². The minimum absolute atomic E-state index is 0.0954. The van der Waals surface area contributed by atoms with Crippen LogP contribution >= 0.6 is 0 Å². The van der Waals surface area contributed by atoms with Crippen molar-refractivity contribution < 1.29 is 10.0 Å². The first kappa shape index (κ1) is 17.8. The third kappa shape index (κ3) is 4.99. The number of hydrogen-bond donors (Lipinski definition) is 2. The summed E-state index contributed by atoms with van der Waals surface area (Å²) in [5, 5.41) is 24.0. The second kappa shape index (κ2) is 8.38. The molecule has 1 aromatic rings. The van der Waals surface area contributed by atoms with Crippen molar-refractivity contribution in [1.82, 2.24) is 10.2 Å². The van der Waals surface area contributed by atoms with E-state index < -0.39 is 0 Å². The Balaban J connectivity index is 1.78. The molecule has 2 rings (SSSR count). The van der Waals surface area contributed by atoms with E-state index in [0.717, 1.165) is 56.6 Å². The van der Waals surface area contributed by atoms with Gasteiger partial charge in [0.15, 0.2) is 0 Å². The summed E-state index contributed by atoms with van der Waals surface area (Å²) >= 11 is 0. The van der Waals surface area contributed by atoms with Gasteiger partial charge in [-0.2, -0.15) is 0 Å². The summed E-state index contributed by atoms with van der Waals surface area (Å²) in [6.45, 7) is 7.71. The first-order chi connectivity index (χ1) is 11.0. The van der Waals surface area contributed by atoms with Gasteiger partial charge < -0.3 is 15.3 Å². The van der Waals surface area contributed by atoms with E-state index in [0.29, 0.717) is 0 Å². The van der Waals surface area contributed by atoms with Crippen molar-refractivity contribution in [3.05, 3.63) is 39.4 Å². The molecule has 1 saturated heterocycles. The number of piperidine rings is 1. The molecule has 0 bridgehead atoms. The van der Waals surface area contributed by atoms with Crippen LogP contribution in [-0.2, 0) is 0 Å². The van der Waals surface area contributed by atoms with Crippen LogP contribution < -0.4 is 5.32 Å². The third-order valence-corrected chi connectivity index (χ3v) is 4.67. The normalized spacial score (nSPS) is 18.0. The van der Waals surface area contributed by atoms with Gasteiger partial charge in [0.1, 0.15) is 0 Å². The maximum absolute atomic E-state index is 11.0. The molecular weight excluding hydrogens is 294 g/mol. The van der Waals surface area contributed by atoms with E-state index in [1.807, 2.05) is 19.9 Å². The van der Waals surface area contributed by atoms with Crippen LogP contribution in [0.15, 0.2) is 18.2 Å². The number of nitrogens with zero attached hydrogens (tertiary/aromatic N) is 2. The predicted octanol–water partition coefficient (Wildman–Crippen LogP) is 2.40. The van der Waals surface area contributed by atoms with Gasteiger partial charge in [-0.15, -0.1) is 0 Å². The number of rotatable bonds is 7. The molecule has 1 aromatic carbocycles. The lowest BCUT2D eigenvalue weighted by Crippen LogP contribution is -2.37. The van der Waals surface area contributed by atoms with Crippen LogP contribution in [0.3, 0.4) is 0 Å². The molecule has 128 valence electrons. The average Bonchev–Trinajstić information content (AvgIpc) is 2.53. The number of nitrogens with one attached hydrogen (secondary N) is 1. The first-order valence-electron chi connectivity index (χ1n) is 8.36. The quantitative estimate of drug-likeness (QED) is 0.458. The fourth-order valence-electron chi connectivity index (χ4n) is 3.18. The van der Waals surface area contributed by atoms with Gasteiger partial charge in [0.25, 0.3) is 5.69 Å².